The Hall–Kier alpha value is -3.42. The molecule has 3 aromatic rings. The van der Waals surface area contributed by atoms with E-state index in [1.807, 2.05) is 60.0 Å². The van der Waals surface area contributed by atoms with Crippen molar-refractivity contribution in [2.24, 2.45) is 7.05 Å². The highest BCUT2D eigenvalue weighted by molar-refractivity contribution is 5.94. The number of imidazole rings is 1. The number of piperazine rings is 1. The van der Waals surface area contributed by atoms with Crippen LogP contribution in [0.1, 0.15) is 16.1 Å². The Morgan fingerprint density at radius 3 is 2.39 bits per heavy atom. The number of hydrogen-bond donors (Lipinski definition) is 1. The van der Waals surface area contributed by atoms with Crippen LogP contribution in [-0.2, 0) is 7.05 Å². The van der Waals surface area contributed by atoms with Gasteiger partial charge in [-0.2, -0.15) is 4.98 Å². The van der Waals surface area contributed by atoms with Crippen LogP contribution < -0.4 is 10.6 Å². The Labute approximate surface area is 163 Å². The lowest BCUT2D eigenvalue weighted by Crippen LogP contribution is -2.49. The van der Waals surface area contributed by atoms with Gasteiger partial charge in [-0.1, -0.05) is 12.1 Å². The zero-order chi connectivity index (χ0) is 19.7. The fourth-order valence-electron chi connectivity index (χ4n) is 3.46. The van der Waals surface area contributed by atoms with Crippen molar-refractivity contribution in [3.05, 3.63) is 54.0 Å². The topological polar surface area (TPSA) is 93.2 Å². The zero-order valence-corrected chi connectivity index (χ0v) is 16.0. The van der Waals surface area contributed by atoms with Crippen LogP contribution in [0.5, 0.6) is 0 Å². The molecule has 0 unspecified atom stereocenters. The van der Waals surface area contributed by atoms with E-state index in [0.29, 0.717) is 31.7 Å². The van der Waals surface area contributed by atoms with Crippen LogP contribution in [-0.4, -0.2) is 56.5 Å². The smallest absolute Gasteiger partial charge is 0.253 e. The average Bonchev–Trinajstić information content (AvgIpc) is 3.13. The molecular formula is C20H23N7O. The number of benzene rings is 1. The molecule has 0 spiro atoms. The van der Waals surface area contributed by atoms with Crippen LogP contribution in [0.4, 0.5) is 11.8 Å². The first-order valence-corrected chi connectivity index (χ1v) is 9.24. The van der Waals surface area contributed by atoms with Gasteiger partial charge in [-0.3, -0.25) is 4.79 Å². The molecule has 1 aromatic carbocycles. The van der Waals surface area contributed by atoms with Crippen molar-refractivity contribution >= 4 is 17.7 Å². The first-order chi connectivity index (χ1) is 13.5. The summed E-state index contributed by atoms with van der Waals surface area (Å²) in [6, 6.07) is 9.54. The summed E-state index contributed by atoms with van der Waals surface area (Å²) in [4.78, 5) is 29.6. The number of carbonyl (C=O) groups is 1. The molecule has 1 aliphatic rings. The second-order valence-electron chi connectivity index (χ2n) is 6.94. The molecule has 0 saturated carbocycles. The molecule has 2 aromatic heterocycles. The second kappa shape index (κ2) is 7.30. The number of rotatable bonds is 3. The Bertz CT molecular complexity index is 968. The fraction of sp³-hybridized carbons (Fsp3) is 0.300. The maximum Gasteiger partial charge on any atom is 0.253 e. The zero-order valence-electron chi connectivity index (χ0n) is 16.0. The third kappa shape index (κ3) is 3.53. The highest BCUT2D eigenvalue weighted by atomic mass is 16.2. The van der Waals surface area contributed by atoms with E-state index in [-0.39, 0.29) is 11.9 Å². The average molecular weight is 377 g/mol. The predicted molar refractivity (Wildman–Crippen MR) is 108 cm³/mol. The van der Waals surface area contributed by atoms with Gasteiger partial charge in [0.15, 0.2) is 0 Å². The van der Waals surface area contributed by atoms with Gasteiger partial charge in [0.25, 0.3) is 5.91 Å². The van der Waals surface area contributed by atoms with Crippen molar-refractivity contribution in [1.29, 1.82) is 0 Å². The minimum absolute atomic E-state index is 0.0458. The summed E-state index contributed by atoms with van der Waals surface area (Å²) in [6.45, 7) is 4.61. The number of aromatic nitrogens is 4. The van der Waals surface area contributed by atoms with Crippen molar-refractivity contribution in [2.45, 2.75) is 6.92 Å². The van der Waals surface area contributed by atoms with Crippen LogP contribution in [0.25, 0.3) is 11.4 Å². The second-order valence-corrected chi connectivity index (χ2v) is 6.94. The van der Waals surface area contributed by atoms with E-state index in [0.717, 1.165) is 22.9 Å². The van der Waals surface area contributed by atoms with Gasteiger partial charge >= 0.3 is 0 Å². The number of carbonyl (C=O) groups excluding carboxylic acids is 1. The number of nitrogens with zero attached hydrogens (tertiary/aromatic N) is 6. The van der Waals surface area contributed by atoms with Gasteiger partial charge in [-0.05, 0) is 19.1 Å². The lowest BCUT2D eigenvalue weighted by atomic mass is 10.1. The van der Waals surface area contributed by atoms with E-state index >= 15 is 0 Å². The summed E-state index contributed by atoms with van der Waals surface area (Å²) < 4.78 is 1.96. The molecule has 8 nitrogen and oxygen atoms in total. The van der Waals surface area contributed by atoms with Gasteiger partial charge in [0.05, 0.1) is 0 Å². The Morgan fingerprint density at radius 2 is 1.79 bits per heavy atom. The van der Waals surface area contributed by atoms with Crippen LogP contribution in [0.3, 0.4) is 0 Å². The van der Waals surface area contributed by atoms with E-state index in [9.17, 15) is 4.79 Å². The van der Waals surface area contributed by atoms with E-state index in [2.05, 4.69) is 19.9 Å². The lowest BCUT2D eigenvalue weighted by molar-refractivity contribution is 0.0746. The summed E-state index contributed by atoms with van der Waals surface area (Å²) in [6.07, 6.45) is 3.67. The largest absolute Gasteiger partial charge is 0.368 e. The summed E-state index contributed by atoms with van der Waals surface area (Å²) in [5.74, 6) is 2.02. The van der Waals surface area contributed by atoms with Crippen LogP contribution >= 0.6 is 0 Å². The van der Waals surface area contributed by atoms with Gasteiger partial charge in [-0.15, -0.1) is 0 Å². The molecule has 4 rings (SSSR count). The molecule has 0 radical (unpaired) electrons. The van der Waals surface area contributed by atoms with Gasteiger partial charge < -0.3 is 20.1 Å². The van der Waals surface area contributed by atoms with Crippen molar-refractivity contribution in [3.63, 3.8) is 0 Å². The fourth-order valence-corrected chi connectivity index (χ4v) is 3.46. The van der Waals surface area contributed by atoms with Gasteiger partial charge in [-0.25, -0.2) is 9.97 Å². The molecule has 1 aliphatic heterocycles. The Balaban J connectivity index is 1.42. The minimum atomic E-state index is 0.0458. The summed E-state index contributed by atoms with van der Waals surface area (Å²) in [7, 11) is 1.95. The van der Waals surface area contributed by atoms with Crippen molar-refractivity contribution in [1.82, 2.24) is 24.4 Å². The SMILES string of the molecule is Cc1cc(N2CCN(C(=O)c3ccc(-c4nccn4C)cc3)CC2)nc(N)n1. The molecule has 0 aliphatic carbocycles. The van der Waals surface area contributed by atoms with Crippen LogP contribution in [0.15, 0.2) is 42.7 Å². The predicted octanol–water partition coefficient (Wildman–Crippen LogP) is 1.73. The lowest BCUT2D eigenvalue weighted by Gasteiger charge is -2.35. The molecule has 8 heteroatoms. The summed E-state index contributed by atoms with van der Waals surface area (Å²) in [5, 5.41) is 0. The number of anilines is 2. The van der Waals surface area contributed by atoms with Gasteiger partial charge in [0, 0.05) is 68.5 Å². The highest BCUT2D eigenvalue weighted by Gasteiger charge is 2.23. The van der Waals surface area contributed by atoms with E-state index in [1.54, 1.807) is 6.20 Å². The molecule has 1 fully saturated rings. The minimum Gasteiger partial charge on any atom is -0.368 e. The normalized spacial score (nSPS) is 14.4. The van der Waals surface area contributed by atoms with E-state index in [4.69, 9.17) is 5.73 Å². The highest BCUT2D eigenvalue weighted by Crippen LogP contribution is 2.20. The van der Waals surface area contributed by atoms with Gasteiger partial charge in [0.2, 0.25) is 5.95 Å². The monoisotopic (exact) mass is 377 g/mol. The van der Waals surface area contributed by atoms with E-state index < -0.39 is 0 Å². The molecule has 144 valence electrons. The summed E-state index contributed by atoms with van der Waals surface area (Å²) >= 11 is 0. The molecular weight excluding hydrogens is 354 g/mol. The third-order valence-electron chi connectivity index (χ3n) is 4.96. The maximum atomic E-state index is 12.9. The first kappa shape index (κ1) is 18.0. The molecule has 3 heterocycles. The Morgan fingerprint density at radius 1 is 1.07 bits per heavy atom. The molecule has 2 N–H and O–H groups in total. The molecule has 1 saturated heterocycles. The number of hydrogen-bond acceptors (Lipinski definition) is 6. The van der Waals surface area contributed by atoms with E-state index in [1.165, 1.54) is 0 Å². The van der Waals surface area contributed by atoms with Crippen molar-refractivity contribution in [3.8, 4) is 11.4 Å². The molecule has 1 amide bonds. The summed E-state index contributed by atoms with van der Waals surface area (Å²) in [5.41, 5.74) is 8.28. The molecule has 0 bridgehead atoms. The first-order valence-electron chi connectivity index (χ1n) is 9.24. The third-order valence-corrected chi connectivity index (χ3v) is 4.96. The van der Waals surface area contributed by atoms with Crippen molar-refractivity contribution in [2.75, 3.05) is 36.8 Å². The van der Waals surface area contributed by atoms with Crippen LogP contribution in [0, 0.1) is 6.92 Å². The molecule has 0 atom stereocenters. The van der Waals surface area contributed by atoms with Crippen LogP contribution in [0.2, 0.25) is 0 Å². The molecule has 28 heavy (non-hydrogen) atoms. The number of aryl methyl sites for hydroxylation is 2. The number of nitrogens with two attached hydrogens (primary N) is 1. The van der Waals surface area contributed by atoms with Gasteiger partial charge in [0.1, 0.15) is 11.6 Å². The standard InChI is InChI=1S/C20H23N7O/c1-14-13-17(24-20(21)23-14)26-9-11-27(12-10-26)19(28)16-5-3-15(4-6-16)18-22-7-8-25(18)2/h3-8,13H,9-12H2,1-2H3,(H2,21,23,24). The number of amides is 1. The Kier molecular flexibility index (Phi) is 4.68. The number of nitrogen functional groups attached to an aromatic ring is 1. The quantitative estimate of drug-likeness (QED) is 0.747. The maximum absolute atomic E-state index is 12.9. The van der Waals surface area contributed by atoms with Crippen molar-refractivity contribution < 1.29 is 4.79 Å².